The Kier molecular flexibility index (Phi) is 8.36. The summed E-state index contributed by atoms with van der Waals surface area (Å²) in [5.74, 6) is 0. The lowest BCUT2D eigenvalue weighted by atomic mass is 10.4. The molecule has 0 radical (unpaired) electrons. The molecule has 3 nitrogen and oxygen atoms in total. The van der Waals surface area contributed by atoms with Crippen LogP contribution in [0.5, 0.6) is 0 Å². The Labute approximate surface area is 69.2 Å². The van der Waals surface area contributed by atoms with Gasteiger partial charge in [-0.3, -0.25) is 4.57 Å². The zero-order chi connectivity index (χ0) is 8.53. The molecule has 0 fully saturated rings. The van der Waals surface area contributed by atoms with Crippen molar-refractivity contribution in [3.8, 4) is 0 Å². The zero-order valence-electron chi connectivity index (χ0n) is 7.14. The fourth-order valence-corrected chi connectivity index (χ4v) is 1.66. The van der Waals surface area contributed by atoms with Crippen molar-refractivity contribution in [3.63, 3.8) is 0 Å². The largest absolute Gasteiger partial charge is 0.330 e. The van der Waals surface area contributed by atoms with E-state index in [2.05, 4.69) is 6.92 Å². The second kappa shape index (κ2) is 8.25. The number of hydrogen-bond donors (Lipinski definition) is 1. The Morgan fingerprint density at radius 2 is 2.18 bits per heavy atom. The van der Waals surface area contributed by atoms with Crippen molar-refractivity contribution < 1.29 is 9.09 Å². The summed E-state index contributed by atoms with van der Waals surface area (Å²) in [7, 11) is -1.75. The van der Waals surface area contributed by atoms with Crippen molar-refractivity contribution in [1.82, 2.24) is 0 Å². The molecule has 0 aliphatic carbocycles. The maximum Gasteiger partial charge on any atom is 0.191 e. The molecule has 0 bridgehead atoms. The molecular weight excluding hydrogens is 161 g/mol. The van der Waals surface area contributed by atoms with Gasteiger partial charge in [0.25, 0.3) is 0 Å². The van der Waals surface area contributed by atoms with Crippen LogP contribution < -0.4 is 5.73 Å². The molecule has 0 amide bonds. The summed E-state index contributed by atoms with van der Waals surface area (Å²) in [6.45, 7) is 3.33. The standard InChI is InChI=1S/C7H18NO2P/c1-2-3-6-10-11(9)7-4-5-8/h11H,2-8H2,1H3. The normalized spacial score (nSPS) is 13.3. The van der Waals surface area contributed by atoms with Crippen LogP contribution in [0.3, 0.4) is 0 Å². The van der Waals surface area contributed by atoms with Gasteiger partial charge in [-0.15, -0.1) is 0 Å². The molecule has 68 valence electrons. The molecule has 1 unspecified atom stereocenters. The van der Waals surface area contributed by atoms with E-state index in [4.69, 9.17) is 10.3 Å². The second-order valence-corrected chi connectivity index (χ2v) is 4.00. The van der Waals surface area contributed by atoms with Crippen LogP contribution in [0.15, 0.2) is 0 Å². The molecule has 0 rings (SSSR count). The molecule has 0 aromatic rings. The van der Waals surface area contributed by atoms with E-state index in [1.165, 1.54) is 0 Å². The summed E-state index contributed by atoms with van der Waals surface area (Å²) in [6, 6.07) is 0. The summed E-state index contributed by atoms with van der Waals surface area (Å²) >= 11 is 0. The van der Waals surface area contributed by atoms with Crippen LogP contribution in [0.2, 0.25) is 0 Å². The first-order valence-corrected chi connectivity index (χ1v) is 5.69. The molecule has 0 aliphatic heterocycles. The maximum atomic E-state index is 11.0. The number of nitrogens with two attached hydrogens (primary N) is 1. The minimum absolute atomic E-state index is 0.605. The third-order valence-electron chi connectivity index (χ3n) is 1.35. The van der Waals surface area contributed by atoms with Gasteiger partial charge in [-0.25, -0.2) is 0 Å². The van der Waals surface area contributed by atoms with E-state index in [1.54, 1.807) is 0 Å². The SMILES string of the molecule is CCCCO[PH](=O)CCCN. The highest BCUT2D eigenvalue weighted by atomic mass is 31.1. The lowest BCUT2D eigenvalue weighted by Crippen LogP contribution is -2.00. The molecule has 2 N–H and O–H groups in total. The van der Waals surface area contributed by atoms with Gasteiger partial charge in [0.1, 0.15) is 0 Å². The molecular formula is C7H18NO2P. The molecule has 0 spiro atoms. The highest BCUT2D eigenvalue weighted by Crippen LogP contribution is 2.22. The first kappa shape index (κ1) is 11.2. The molecule has 0 aromatic carbocycles. The summed E-state index contributed by atoms with van der Waals surface area (Å²) in [5, 5.41) is 0. The molecule has 1 atom stereocenters. The van der Waals surface area contributed by atoms with Crippen molar-refractivity contribution >= 4 is 8.03 Å². The second-order valence-electron chi connectivity index (χ2n) is 2.47. The first-order chi connectivity index (χ1) is 5.31. The number of unbranched alkanes of at least 4 members (excludes halogenated alkanes) is 1. The fourth-order valence-electron chi connectivity index (χ4n) is 0.649. The number of rotatable bonds is 7. The Bertz CT molecular complexity index is 109. The monoisotopic (exact) mass is 179 g/mol. The van der Waals surface area contributed by atoms with Crippen LogP contribution in [-0.2, 0) is 9.09 Å². The fraction of sp³-hybridized carbons (Fsp3) is 1.00. The van der Waals surface area contributed by atoms with E-state index < -0.39 is 8.03 Å². The van der Waals surface area contributed by atoms with Crippen molar-refractivity contribution in [2.45, 2.75) is 26.2 Å². The lowest BCUT2D eigenvalue weighted by molar-refractivity contribution is 0.320. The van der Waals surface area contributed by atoms with Gasteiger partial charge in [0, 0.05) is 6.16 Å². The Morgan fingerprint density at radius 1 is 1.45 bits per heavy atom. The maximum absolute atomic E-state index is 11.0. The van der Waals surface area contributed by atoms with E-state index in [1.807, 2.05) is 0 Å². The van der Waals surface area contributed by atoms with Gasteiger partial charge in [-0.2, -0.15) is 0 Å². The summed E-state index contributed by atoms with van der Waals surface area (Å²) < 4.78 is 16.1. The molecule has 0 heterocycles. The predicted molar refractivity (Wildman–Crippen MR) is 48.4 cm³/mol. The molecule has 0 aliphatic rings. The highest BCUT2D eigenvalue weighted by Gasteiger charge is 1.96. The minimum Gasteiger partial charge on any atom is -0.330 e. The van der Waals surface area contributed by atoms with Crippen molar-refractivity contribution in [1.29, 1.82) is 0 Å². The van der Waals surface area contributed by atoms with E-state index in [-0.39, 0.29) is 0 Å². The molecule has 0 saturated heterocycles. The predicted octanol–water partition coefficient (Wildman–Crippen LogP) is 1.63. The lowest BCUT2D eigenvalue weighted by Gasteiger charge is -2.01. The summed E-state index contributed by atoms with van der Waals surface area (Å²) in [5.41, 5.74) is 5.25. The van der Waals surface area contributed by atoms with E-state index in [0.717, 1.165) is 19.3 Å². The highest BCUT2D eigenvalue weighted by molar-refractivity contribution is 7.39. The van der Waals surface area contributed by atoms with Crippen LogP contribution in [0, 0.1) is 0 Å². The van der Waals surface area contributed by atoms with E-state index in [9.17, 15) is 4.57 Å². The average Bonchev–Trinajstić information content (AvgIpc) is 2.01. The average molecular weight is 179 g/mol. The van der Waals surface area contributed by atoms with Crippen LogP contribution in [-0.4, -0.2) is 19.3 Å². The van der Waals surface area contributed by atoms with Gasteiger partial charge >= 0.3 is 0 Å². The molecule has 0 aromatic heterocycles. The minimum atomic E-state index is -1.75. The van der Waals surface area contributed by atoms with E-state index in [0.29, 0.717) is 19.3 Å². The van der Waals surface area contributed by atoms with Gasteiger partial charge in [-0.1, -0.05) is 13.3 Å². The van der Waals surface area contributed by atoms with Gasteiger partial charge in [-0.05, 0) is 19.4 Å². The van der Waals surface area contributed by atoms with Crippen LogP contribution in [0.1, 0.15) is 26.2 Å². The summed E-state index contributed by atoms with van der Waals surface area (Å²) in [4.78, 5) is 0. The number of hydrogen-bond acceptors (Lipinski definition) is 3. The summed E-state index contributed by atoms with van der Waals surface area (Å²) in [6.07, 6.45) is 3.54. The van der Waals surface area contributed by atoms with Crippen LogP contribution in [0.25, 0.3) is 0 Å². The smallest absolute Gasteiger partial charge is 0.191 e. The molecule has 0 saturated carbocycles. The van der Waals surface area contributed by atoms with Gasteiger partial charge < -0.3 is 10.3 Å². The van der Waals surface area contributed by atoms with Gasteiger partial charge in [0.05, 0.1) is 6.61 Å². The zero-order valence-corrected chi connectivity index (χ0v) is 8.14. The first-order valence-electron chi connectivity index (χ1n) is 4.17. The van der Waals surface area contributed by atoms with Crippen LogP contribution in [0.4, 0.5) is 0 Å². The Hall–Kier alpha value is 0.150. The van der Waals surface area contributed by atoms with E-state index >= 15 is 0 Å². The Morgan fingerprint density at radius 3 is 2.73 bits per heavy atom. The van der Waals surface area contributed by atoms with Crippen molar-refractivity contribution in [2.24, 2.45) is 5.73 Å². The molecule has 11 heavy (non-hydrogen) atoms. The van der Waals surface area contributed by atoms with Crippen LogP contribution >= 0.6 is 8.03 Å². The quantitative estimate of drug-likeness (QED) is 0.477. The van der Waals surface area contributed by atoms with Gasteiger partial charge in [0.15, 0.2) is 8.03 Å². The van der Waals surface area contributed by atoms with Crippen molar-refractivity contribution in [2.75, 3.05) is 19.3 Å². The topological polar surface area (TPSA) is 52.3 Å². The third kappa shape index (κ3) is 8.05. The third-order valence-corrected chi connectivity index (χ3v) is 2.63. The molecule has 4 heteroatoms. The van der Waals surface area contributed by atoms with Gasteiger partial charge in [0.2, 0.25) is 0 Å². The van der Waals surface area contributed by atoms with Crippen molar-refractivity contribution in [3.05, 3.63) is 0 Å². The Balaban J connectivity index is 3.09.